The van der Waals surface area contributed by atoms with Gasteiger partial charge in [0.2, 0.25) is 0 Å². The third-order valence-corrected chi connectivity index (χ3v) is 2.72. The van der Waals surface area contributed by atoms with Gasteiger partial charge in [0, 0.05) is 5.97 Å². The number of rotatable bonds is 12. The van der Waals surface area contributed by atoms with Crippen LogP contribution in [0.2, 0.25) is 0 Å². The molecule has 0 aromatic carbocycles. The molecular weight excluding hydrogens is 271 g/mol. The van der Waals surface area contributed by atoms with E-state index in [-0.39, 0.29) is 36.0 Å². The third kappa shape index (κ3) is 21.9. The molecule has 0 heterocycles. The number of aliphatic carboxylic acids is 1. The summed E-state index contributed by atoms with van der Waals surface area (Å²) in [6.45, 7) is 2.14. The summed E-state index contributed by atoms with van der Waals surface area (Å²) in [4.78, 5) is 10.2. The van der Waals surface area contributed by atoms with Gasteiger partial charge in [0.1, 0.15) is 0 Å². The van der Waals surface area contributed by atoms with Crippen LogP contribution in [0.5, 0.6) is 0 Å². The molecule has 0 aromatic heterocycles. The summed E-state index contributed by atoms with van der Waals surface area (Å²) < 4.78 is 0. The summed E-state index contributed by atoms with van der Waals surface area (Å²) in [7, 11) is 0. The van der Waals surface area contributed by atoms with Crippen molar-refractivity contribution in [3.8, 4) is 0 Å². The molecule has 3 heteroatoms. The standard InChI is InChI=1S/C18H28O2.Na/c1-2-3-4-5-6-7-8-9-10-11-12-13-14-15-16-17-18(19)20;/h3-4,6-7,9-10,12-13H,2,5,8,11,14-17H2,1H3,(H,19,20);/q;+1/p-1/b4-3+,7-6+,10-9+,13-12+;. The molecule has 112 valence electrons. The second-order valence-corrected chi connectivity index (χ2v) is 4.62. The van der Waals surface area contributed by atoms with Crippen LogP contribution in [0.4, 0.5) is 0 Å². The minimum atomic E-state index is -0.949. The Morgan fingerprint density at radius 3 is 1.76 bits per heavy atom. The number of carbonyl (C=O) groups is 1. The predicted molar refractivity (Wildman–Crippen MR) is 84.2 cm³/mol. The molecule has 0 amide bonds. The molecule has 0 N–H and O–H groups in total. The summed E-state index contributed by atoms with van der Waals surface area (Å²) in [6, 6.07) is 0. The van der Waals surface area contributed by atoms with E-state index in [4.69, 9.17) is 0 Å². The Morgan fingerprint density at radius 2 is 1.29 bits per heavy atom. The van der Waals surface area contributed by atoms with Gasteiger partial charge >= 0.3 is 29.6 Å². The summed E-state index contributed by atoms with van der Waals surface area (Å²) in [6.07, 6.45) is 24.1. The molecule has 0 atom stereocenters. The van der Waals surface area contributed by atoms with Crippen molar-refractivity contribution in [1.82, 2.24) is 0 Å². The van der Waals surface area contributed by atoms with Gasteiger partial charge in [-0.3, -0.25) is 0 Å². The molecule has 0 unspecified atom stereocenters. The van der Waals surface area contributed by atoms with Crippen LogP contribution in [0.25, 0.3) is 0 Å². The molecule has 0 saturated carbocycles. The van der Waals surface area contributed by atoms with Gasteiger partial charge < -0.3 is 9.90 Å². The van der Waals surface area contributed by atoms with E-state index in [1.807, 2.05) is 0 Å². The van der Waals surface area contributed by atoms with Gasteiger partial charge in [-0.15, -0.1) is 0 Å². The fraction of sp³-hybridized carbons (Fsp3) is 0.500. The van der Waals surface area contributed by atoms with E-state index in [0.717, 1.165) is 38.5 Å². The van der Waals surface area contributed by atoms with Crippen molar-refractivity contribution in [1.29, 1.82) is 0 Å². The molecule has 0 saturated heterocycles. The molecule has 0 spiro atoms. The Hall–Kier alpha value is -0.570. The molecule has 0 rings (SSSR count). The van der Waals surface area contributed by atoms with Crippen molar-refractivity contribution in [2.24, 2.45) is 0 Å². The maximum Gasteiger partial charge on any atom is 1.00 e. The van der Waals surface area contributed by atoms with Gasteiger partial charge in [-0.2, -0.15) is 0 Å². The van der Waals surface area contributed by atoms with E-state index in [2.05, 4.69) is 55.5 Å². The average Bonchev–Trinajstić information content (AvgIpc) is 2.43. The summed E-state index contributed by atoms with van der Waals surface area (Å²) in [5, 5.41) is 10.2. The van der Waals surface area contributed by atoms with Gasteiger partial charge in [-0.05, 0) is 51.4 Å². The summed E-state index contributed by atoms with van der Waals surface area (Å²) in [5.41, 5.74) is 0. The number of carboxylic acid groups (broad SMARTS) is 1. The van der Waals surface area contributed by atoms with E-state index >= 15 is 0 Å². The predicted octanol–water partition coefficient (Wildman–Crippen LogP) is 1.11. The van der Waals surface area contributed by atoms with Crippen LogP contribution in [-0.2, 0) is 4.79 Å². The Bertz CT molecular complexity index is 341. The molecule has 0 aliphatic carbocycles. The molecular formula is C18H27NaO2. The average molecular weight is 298 g/mol. The quantitative estimate of drug-likeness (QED) is 0.308. The van der Waals surface area contributed by atoms with Gasteiger partial charge in [0.05, 0.1) is 0 Å². The van der Waals surface area contributed by atoms with Crippen molar-refractivity contribution in [3.63, 3.8) is 0 Å². The Balaban J connectivity index is 0. The molecule has 0 aliphatic heterocycles. The normalized spacial score (nSPS) is 11.9. The fourth-order valence-corrected chi connectivity index (χ4v) is 1.63. The molecule has 0 radical (unpaired) electrons. The number of carboxylic acids is 1. The fourth-order valence-electron chi connectivity index (χ4n) is 1.63. The zero-order valence-corrected chi connectivity index (χ0v) is 15.6. The molecule has 0 aliphatic rings. The van der Waals surface area contributed by atoms with Crippen LogP contribution < -0.4 is 34.7 Å². The number of unbranched alkanes of at least 4 members (excludes halogenated alkanes) is 2. The molecule has 0 aromatic rings. The Labute approximate surface area is 152 Å². The third-order valence-electron chi connectivity index (χ3n) is 2.72. The van der Waals surface area contributed by atoms with Gasteiger partial charge in [-0.25, -0.2) is 0 Å². The van der Waals surface area contributed by atoms with E-state index < -0.39 is 5.97 Å². The van der Waals surface area contributed by atoms with Crippen molar-refractivity contribution in [3.05, 3.63) is 48.6 Å². The number of allylic oxidation sites excluding steroid dienone is 8. The topological polar surface area (TPSA) is 40.1 Å². The van der Waals surface area contributed by atoms with Gasteiger partial charge in [0.25, 0.3) is 0 Å². The number of carbonyl (C=O) groups excluding carboxylic acids is 1. The van der Waals surface area contributed by atoms with Gasteiger partial charge in [-0.1, -0.05) is 55.5 Å². The minimum absolute atomic E-state index is 0. The van der Waals surface area contributed by atoms with Crippen molar-refractivity contribution in [2.45, 2.75) is 58.3 Å². The van der Waals surface area contributed by atoms with Crippen LogP contribution in [0.3, 0.4) is 0 Å². The van der Waals surface area contributed by atoms with Crippen LogP contribution in [0, 0.1) is 0 Å². The summed E-state index contributed by atoms with van der Waals surface area (Å²) in [5.74, 6) is -0.949. The smallest absolute Gasteiger partial charge is 0.550 e. The maximum atomic E-state index is 10.2. The zero-order chi connectivity index (χ0) is 14.9. The first-order valence-corrected chi connectivity index (χ1v) is 7.57. The largest absolute Gasteiger partial charge is 1.00 e. The first-order chi connectivity index (χ1) is 9.77. The van der Waals surface area contributed by atoms with E-state index in [1.165, 1.54) is 0 Å². The molecule has 21 heavy (non-hydrogen) atoms. The number of hydrogen-bond donors (Lipinski definition) is 0. The van der Waals surface area contributed by atoms with Crippen molar-refractivity contribution >= 4 is 5.97 Å². The second-order valence-electron chi connectivity index (χ2n) is 4.62. The van der Waals surface area contributed by atoms with Crippen LogP contribution in [0.1, 0.15) is 58.3 Å². The van der Waals surface area contributed by atoms with E-state index in [9.17, 15) is 9.90 Å². The molecule has 0 bridgehead atoms. The monoisotopic (exact) mass is 298 g/mol. The van der Waals surface area contributed by atoms with Crippen LogP contribution in [0.15, 0.2) is 48.6 Å². The van der Waals surface area contributed by atoms with Crippen LogP contribution in [-0.4, -0.2) is 5.97 Å². The number of hydrogen-bond acceptors (Lipinski definition) is 2. The zero-order valence-electron chi connectivity index (χ0n) is 13.6. The molecule has 2 nitrogen and oxygen atoms in total. The minimum Gasteiger partial charge on any atom is -0.550 e. The first-order valence-electron chi connectivity index (χ1n) is 7.57. The van der Waals surface area contributed by atoms with Crippen LogP contribution >= 0.6 is 0 Å². The SMILES string of the molecule is CC/C=C/C/C=C/C/C=C/C/C=C/CCCCC(=O)[O-].[Na+]. The van der Waals surface area contributed by atoms with E-state index in [1.54, 1.807) is 0 Å². The van der Waals surface area contributed by atoms with Crippen molar-refractivity contribution < 1.29 is 39.5 Å². The maximum absolute atomic E-state index is 10.2. The van der Waals surface area contributed by atoms with Crippen molar-refractivity contribution in [2.75, 3.05) is 0 Å². The second kappa shape index (κ2) is 19.4. The first kappa shape index (κ1) is 22.7. The summed E-state index contributed by atoms with van der Waals surface area (Å²) >= 11 is 0. The Morgan fingerprint density at radius 1 is 0.810 bits per heavy atom. The Kier molecular flexibility index (Phi) is 21.0. The van der Waals surface area contributed by atoms with E-state index in [0.29, 0.717) is 6.42 Å². The van der Waals surface area contributed by atoms with Gasteiger partial charge in [0.15, 0.2) is 0 Å². The molecule has 0 fully saturated rings.